The third-order valence-electron chi connectivity index (χ3n) is 3.13. The molecule has 112 valence electrons. The van der Waals surface area contributed by atoms with Gasteiger partial charge in [0.15, 0.2) is 6.61 Å². The van der Waals surface area contributed by atoms with Crippen LogP contribution in [0.2, 0.25) is 5.02 Å². The Labute approximate surface area is 130 Å². The first kappa shape index (κ1) is 14.2. The molecule has 0 aliphatic heterocycles. The summed E-state index contributed by atoms with van der Waals surface area (Å²) in [6, 6.07) is 11.5. The second kappa shape index (κ2) is 5.57. The number of anilines is 1. The molecule has 0 unspecified atom stereocenters. The minimum atomic E-state index is -0.523. The predicted molar refractivity (Wildman–Crippen MR) is 84.5 cm³/mol. The number of aromatic nitrogens is 2. The van der Waals surface area contributed by atoms with Gasteiger partial charge in [0, 0.05) is 10.7 Å². The molecule has 0 aliphatic rings. The average molecular weight is 318 g/mol. The van der Waals surface area contributed by atoms with E-state index < -0.39 is 11.6 Å². The number of halogens is 1. The van der Waals surface area contributed by atoms with Crippen molar-refractivity contribution in [2.75, 3.05) is 12.3 Å². The SMILES string of the molecule is Nc1ccc2[nH]c(=O)n(C(=O)COc3ccc(Cl)cc3)c2c1. The molecule has 1 aromatic heterocycles. The highest BCUT2D eigenvalue weighted by Gasteiger charge is 2.14. The summed E-state index contributed by atoms with van der Waals surface area (Å²) in [5.41, 5.74) is 6.61. The summed E-state index contributed by atoms with van der Waals surface area (Å²) in [5.74, 6) is 0.00181. The van der Waals surface area contributed by atoms with Gasteiger partial charge in [-0.1, -0.05) is 11.6 Å². The van der Waals surface area contributed by atoms with E-state index in [4.69, 9.17) is 22.1 Å². The van der Waals surface area contributed by atoms with Crippen LogP contribution in [0.5, 0.6) is 5.75 Å². The standard InChI is InChI=1S/C15H12ClN3O3/c16-9-1-4-11(5-2-9)22-8-14(20)19-13-7-10(17)3-6-12(13)18-15(19)21/h1-7H,8,17H2,(H,18,21). The lowest BCUT2D eigenvalue weighted by Gasteiger charge is -2.06. The Morgan fingerprint density at radius 1 is 1.23 bits per heavy atom. The van der Waals surface area contributed by atoms with Crippen LogP contribution < -0.4 is 16.2 Å². The van der Waals surface area contributed by atoms with Gasteiger partial charge in [0.2, 0.25) is 0 Å². The number of ether oxygens (including phenoxy) is 1. The average Bonchev–Trinajstić information content (AvgIpc) is 2.81. The van der Waals surface area contributed by atoms with E-state index in [0.717, 1.165) is 4.57 Å². The van der Waals surface area contributed by atoms with Crippen molar-refractivity contribution in [3.63, 3.8) is 0 Å². The molecule has 3 N–H and O–H groups in total. The number of H-pyrrole nitrogens is 1. The van der Waals surface area contributed by atoms with Crippen LogP contribution >= 0.6 is 11.6 Å². The normalized spacial score (nSPS) is 10.8. The lowest BCUT2D eigenvalue weighted by molar-refractivity contribution is 0.0839. The molecule has 1 heterocycles. The van der Waals surface area contributed by atoms with Crippen LogP contribution in [0, 0.1) is 0 Å². The second-order valence-corrected chi connectivity index (χ2v) is 5.11. The van der Waals surface area contributed by atoms with Gasteiger partial charge in [-0.25, -0.2) is 9.36 Å². The van der Waals surface area contributed by atoms with Crippen LogP contribution in [-0.4, -0.2) is 22.1 Å². The Balaban J connectivity index is 1.86. The number of carbonyl (C=O) groups is 1. The van der Waals surface area contributed by atoms with Crippen LogP contribution in [0.15, 0.2) is 47.3 Å². The molecule has 0 fully saturated rings. The lowest BCUT2D eigenvalue weighted by Crippen LogP contribution is -2.28. The lowest BCUT2D eigenvalue weighted by atomic mass is 10.3. The number of nitrogens with two attached hydrogens (primary N) is 1. The molecule has 3 aromatic rings. The van der Waals surface area contributed by atoms with E-state index in [-0.39, 0.29) is 6.61 Å². The van der Waals surface area contributed by atoms with Crippen molar-refractivity contribution in [3.05, 3.63) is 58.0 Å². The molecule has 3 rings (SSSR count). The molecule has 0 saturated carbocycles. The van der Waals surface area contributed by atoms with Crippen molar-refractivity contribution in [1.82, 2.24) is 9.55 Å². The summed E-state index contributed by atoms with van der Waals surface area (Å²) < 4.78 is 6.38. The molecule has 2 aromatic carbocycles. The van der Waals surface area contributed by atoms with Crippen LogP contribution in [-0.2, 0) is 0 Å². The highest BCUT2D eigenvalue weighted by atomic mass is 35.5. The van der Waals surface area contributed by atoms with E-state index in [1.165, 1.54) is 0 Å². The summed E-state index contributed by atoms with van der Waals surface area (Å²) in [4.78, 5) is 26.8. The Hall–Kier alpha value is -2.73. The van der Waals surface area contributed by atoms with E-state index in [1.54, 1.807) is 42.5 Å². The minimum absolute atomic E-state index is 0.275. The van der Waals surface area contributed by atoms with E-state index in [9.17, 15) is 9.59 Å². The molecule has 0 spiro atoms. The van der Waals surface area contributed by atoms with E-state index in [1.807, 2.05) is 0 Å². The number of hydrogen-bond donors (Lipinski definition) is 2. The van der Waals surface area contributed by atoms with Crippen LogP contribution in [0.1, 0.15) is 4.79 Å². The number of fused-ring (bicyclic) bond motifs is 1. The molecular formula is C15H12ClN3O3. The van der Waals surface area contributed by atoms with E-state index >= 15 is 0 Å². The number of rotatable bonds is 3. The molecular weight excluding hydrogens is 306 g/mol. The van der Waals surface area contributed by atoms with Crippen molar-refractivity contribution in [1.29, 1.82) is 0 Å². The highest BCUT2D eigenvalue weighted by Crippen LogP contribution is 2.16. The predicted octanol–water partition coefficient (Wildman–Crippen LogP) is 2.28. The molecule has 0 amide bonds. The number of nitrogen functional groups attached to an aromatic ring is 1. The Morgan fingerprint density at radius 2 is 1.95 bits per heavy atom. The van der Waals surface area contributed by atoms with Crippen LogP contribution in [0.3, 0.4) is 0 Å². The van der Waals surface area contributed by atoms with Crippen LogP contribution in [0.4, 0.5) is 5.69 Å². The van der Waals surface area contributed by atoms with E-state index in [0.29, 0.717) is 27.5 Å². The fourth-order valence-corrected chi connectivity index (χ4v) is 2.23. The van der Waals surface area contributed by atoms with Crippen LogP contribution in [0.25, 0.3) is 11.0 Å². The van der Waals surface area contributed by atoms with Gasteiger partial charge < -0.3 is 15.5 Å². The van der Waals surface area contributed by atoms with Crippen molar-refractivity contribution in [2.24, 2.45) is 0 Å². The quantitative estimate of drug-likeness (QED) is 0.725. The number of aromatic amines is 1. The van der Waals surface area contributed by atoms with Gasteiger partial charge in [0.05, 0.1) is 11.0 Å². The fraction of sp³-hybridized carbons (Fsp3) is 0.0667. The van der Waals surface area contributed by atoms with Gasteiger partial charge in [-0.15, -0.1) is 0 Å². The smallest absolute Gasteiger partial charge is 0.333 e. The first-order chi connectivity index (χ1) is 10.5. The number of hydrogen-bond acceptors (Lipinski definition) is 4. The monoisotopic (exact) mass is 317 g/mol. The number of carbonyl (C=O) groups excluding carboxylic acids is 1. The van der Waals surface area contributed by atoms with Gasteiger partial charge in [0.25, 0.3) is 5.91 Å². The number of imidazole rings is 1. The summed E-state index contributed by atoms with van der Waals surface area (Å²) in [7, 11) is 0. The number of benzene rings is 2. The Kier molecular flexibility index (Phi) is 3.60. The van der Waals surface area contributed by atoms with Crippen molar-refractivity contribution in [2.45, 2.75) is 0 Å². The summed E-state index contributed by atoms with van der Waals surface area (Å²) in [6.45, 7) is -0.275. The molecule has 6 nitrogen and oxygen atoms in total. The summed E-state index contributed by atoms with van der Waals surface area (Å²) in [5, 5.41) is 0.571. The maximum atomic E-state index is 12.2. The van der Waals surface area contributed by atoms with Crippen molar-refractivity contribution < 1.29 is 9.53 Å². The minimum Gasteiger partial charge on any atom is -0.484 e. The van der Waals surface area contributed by atoms with Gasteiger partial charge in [-0.2, -0.15) is 0 Å². The molecule has 0 bridgehead atoms. The van der Waals surface area contributed by atoms with Crippen molar-refractivity contribution in [3.8, 4) is 5.75 Å². The molecule has 0 aliphatic carbocycles. The molecule has 0 saturated heterocycles. The number of nitrogens with zero attached hydrogens (tertiary/aromatic N) is 1. The molecule has 0 atom stereocenters. The third kappa shape index (κ3) is 2.68. The largest absolute Gasteiger partial charge is 0.484 e. The van der Waals surface area contributed by atoms with E-state index in [2.05, 4.69) is 4.98 Å². The maximum Gasteiger partial charge on any atom is 0.333 e. The first-order valence-corrected chi connectivity index (χ1v) is 6.84. The summed E-state index contributed by atoms with van der Waals surface area (Å²) in [6.07, 6.45) is 0. The maximum absolute atomic E-state index is 12.2. The second-order valence-electron chi connectivity index (χ2n) is 4.68. The first-order valence-electron chi connectivity index (χ1n) is 6.46. The molecule has 22 heavy (non-hydrogen) atoms. The van der Waals surface area contributed by atoms with Crippen molar-refractivity contribution >= 4 is 34.2 Å². The third-order valence-corrected chi connectivity index (χ3v) is 3.38. The van der Waals surface area contributed by atoms with Gasteiger partial charge in [-0.3, -0.25) is 4.79 Å². The fourth-order valence-electron chi connectivity index (χ4n) is 2.11. The van der Waals surface area contributed by atoms with Gasteiger partial charge >= 0.3 is 5.69 Å². The number of nitrogens with one attached hydrogen (secondary N) is 1. The zero-order valence-corrected chi connectivity index (χ0v) is 12.1. The zero-order valence-electron chi connectivity index (χ0n) is 11.4. The molecule has 7 heteroatoms. The Morgan fingerprint density at radius 3 is 2.68 bits per heavy atom. The topological polar surface area (TPSA) is 90.1 Å². The Bertz CT molecular complexity index is 897. The van der Waals surface area contributed by atoms with Gasteiger partial charge in [-0.05, 0) is 42.5 Å². The summed E-state index contributed by atoms with van der Waals surface area (Å²) >= 11 is 5.77. The highest BCUT2D eigenvalue weighted by molar-refractivity contribution is 6.30. The zero-order chi connectivity index (χ0) is 15.7. The van der Waals surface area contributed by atoms with Gasteiger partial charge in [0.1, 0.15) is 5.75 Å². The molecule has 0 radical (unpaired) electrons.